The number of thiazole rings is 1. The van der Waals surface area contributed by atoms with E-state index in [4.69, 9.17) is 4.74 Å². The molecule has 7 heteroatoms. The van der Waals surface area contributed by atoms with Crippen LogP contribution in [0.5, 0.6) is 0 Å². The number of fused-ring (bicyclic) bond motifs is 1. The minimum absolute atomic E-state index is 0.131. The molecule has 0 aliphatic rings. The molecule has 0 aliphatic heterocycles. The molecular weight excluding hydrogens is 446 g/mol. The molecular formula is C27H27N3O3S. The molecule has 1 aromatic heterocycles. The van der Waals surface area contributed by atoms with Crippen molar-refractivity contribution in [3.8, 4) is 0 Å². The monoisotopic (exact) mass is 473 g/mol. The van der Waals surface area contributed by atoms with Crippen LogP contribution in [0.15, 0.2) is 83.9 Å². The van der Waals surface area contributed by atoms with Gasteiger partial charge in [0.2, 0.25) is 5.91 Å². The van der Waals surface area contributed by atoms with Gasteiger partial charge in [-0.2, -0.15) is 4.99 Å². The molecule has 0 aliphatic carbocycles. The molecule has 6 nitrogen and oxygen atoms in total. The Morgan fingerprint density at radius 3 is 2.24 bits per heavy atom. The van der Waals surface area contributed by atoms with E-state index in [0.29, 0.717) is 30.2 Å². The summed E-state index contributed by atoms with van der Waals surface area (Å²) in [5, 5.41) is 2.82. The predicted octanol–water partition coefficient (Wildman–Crippen LogP) is 4.96. The Labute approximate surface area is 202 Å². The molecule has 3 aromatic carbocycles. The molecule has 1 heterocycles. The van der Waals surface area contributed by atoms with Crippen LogP contribution in [0.1, 0.15) is 30.9 Å². The number of nitrogens with zero attached hydrogens (tertiary/aromatic N) is 2. The fraction of sp³-hybridized carbons (Fsp3) is 0.222. The number of aromatic nitrogens is 1. The number of hydrogen-bond acceptors (Lipinski definition) is 4. The van der Waals surface area contributed by atoms with Crippen LogP contribution in [-0.4, -0.2) is 29.6 Å². The fourth-order valence-electron chi connectivity index (χ4n) is 3.88. The van der Waals surface area contributed by atoms with E-state index < -0.39 is 5.92 Å². The van der Waals surface area contributed by atoms with E-state index in [0.717, 1.165) is 21.3 Å². The summed E-state index contributed by atoms with van der Waals surface area (Å²) < 4.78 is 8.53. The maximum Gasteiger partial charge on any atom is 0.260 e. The van der Waals surface area contributed by atoms with Gasteiger partial charge in [0.1, 0.15) is 0 Å². The molecule has 0 unspecified atom stereocenters. The molecule has 0 saturated heterocycles. The molecule has 0 atom stereocenters. The van der Waals surface area contributed by atoms with Crippen LogP contribution < -0.4 is 10.1 Å². The first-order valence-electron chi connectivity index (χ1n) is 11.2. The standard InChI is InChI=1S/C27H27N3O3S/c1-3-33-17-16-30-23-15-14-22(28-19(2)31)18-24(23)34-27(30)29-26(32)25(20-10-6-4-7-11-20)21-12-8-5-9-13-21/h4-15,18,25H,3,16-17H2,1-2H3,(H,28,31). The number of hydrogen-bond donors (Lipinski definition) is 1. The predicted molar refractivity (Wildman–Crippen MR) is 136 cm³/mol. The van der Waals surface area contributed by atoms with Crippen molar-refractivity contribution in [2.45, 2.75) is 26.3 Å². The van der Waals surface area contributed by atoms with Gasteiger partial charge in [0.05, 0.1) is 22.7 Å². The summed E-state index contributed by atoms with van der Waals surface area (Å²) in [7, 11) is 0. The number of carbonyl (C=O) groups excluding carboxylic acids is 2. The van der Waals surface area contributed by atoms with E-state index in [1.54, 1.807) is 0 Å². The number of ether oxygens (including phenoxy) is 1. The van der Waals surface area contributed by atoms with Crippen LogP contribution in [0.2, 0.25) is 0 Å². The zero-order valence-electron chi connectivity index (χ0n) is 19.2. The first-order chi connectivity index (χ1) is 16.6. The van der Waals surface area contributed by atoms with Gasteiger partial charge < -0.3 is 14.6 Å². The number of carbonyl (C=O) groups is 2. The van der Waals surface area contributed by atoms with Gasteiger partial charge in [0.25, 0.3) is 5.91 Å². The largest absolute Gasteiger partial charge is 0.380 e. The van der Waals surface area contributed by atoms with E-state index >= 15 is 0 Å². The molecule has 1 N–H and O–H groups in total. The third-order valence-corrected chi connectivity index (χ3v) is 6.43. The van der Waals surface area contributed by atoms with Crippen molar-refractivity contribution in [3.63, 3.8) is 0 Å². The minimum Gasteiger partial charge on any atom is -0.380 e. The quantitative estimate of drug-likeness (QED) is 0.368. The van der Waals surface area contributed by atoms with Crippen LogP contribution in [-0.2, 0) is 20.9 Å². The highest BCUT2D eigenvalue weighted by Gasteiger charge is 2.22. The number of anilines is 1. The Morgan fingerprint density at radius 2 is 1.65 bits per heavy atom. The lowest BCUT2D eigenvalue weighted by Crippen LogP contribution is -2.22. The van der Waals surface area contributed by atoms with Crippen molar-refractivity contribution >= 4 is 39.1 Å². The molecule has 0 fully saturated rings. The lowest BCUT2D eigenvalue weighted by Gasteiger charge is -2.14. The molecule has 34 heavy (non-hydrogen) atoms. The van der Waals surface area contributed by atoms with Gasteiger partial charge in [-0.3, -0.25) is 9.59 Å². The molecule has 4 aromatic rings. The van der Waals surface area contributed by atoms with Crippen molar-refractivity contribution in [1.29, 1.82) is 0 Å². The molecule has 2 amide bonds. The highest BCUT2D eigenvalue weighted by atomic mass is 32.1. The summed E-state index contributed by atoms with van der Waals surface area (Å²) in [6.45, 7) is 5.13. The SMILES string of the molecule is CCOCCn1c(=NC(=O)C(c2ccccc2)c2ccccc2)sc2cc(NC(C)=O)ccc21. The second-order valence-electron chi connectivity index (χ2n) is 7.80. The average Bonchev–Trinajstić information content (AvgIpc) is 3.16. The van der Waals surface area contributed by atoms with Crippen molar-refractivity contribution in [3.05, 3.63) is 94.8 Å². The second kappa shape index (κ2) is 11.0. The van der Waals surface area contributed by atoms with Crippen LogP contribution in [0.25, 0.3) is 10.2 Å². The highest BCUT2D eigenvalue weighted by molar-refractivity contribution is 7.16. The van der Waals surface area contributed by atoms with Crippen molar-refractivity contribution in [2.24, 2.45) is 4.99 Å². The zero-order valence-corrected chi connectivity index (χ0v) is 20.0. The maximum absolute atomic E-state index is 13.6. The Kier molecular flexibility index (Phi) is 7.67. The summed E-state index contributed by atoms with van der Waals surface area (Å²) in [6.07, 6.45) is 0. The summed E-state index contributed by atoms with van der Waals surface area (Å²) in [4.78, 5) is 30.3. The van der Waals surface area contributed by atoms with E-state index in [1.165, 1.54) is 18.3 Å². The van der Waals surface area contributed by atoms with E-state index in [9.17, 15) is 9.59 Å². The van der Waals surface area contributed by atoms with Gasteiger partial charge in [-0.15, -0.1) is 0 Å². The van der Waals surface area contributed by atoms with Crippen LogP contribution >= 0.6 is 11.3 Å². The van der Waals surface area contributed by atoms with Gasteiger partial charge in [0, 0.05) is 25.8 Å². The molecule has 0 radical (unpaired) electrons. The molecule has 0 spiro atoms. The fourth-order valence-corrected chi connectivity index (χ4v) is 4.98. The van der Waals surface area contributed by atoms with Gasteiger partial charge in [0.15, 0.2) is 4.80 Å². The Hall–Kier alpha value is -3.55. The van der Waals surface area contributed by atoms with E-state index in [2.05, 4.69) is 10.3 Å². The molecule has 0 bridgehead atoms. The maximum atomic E-state index is 13.6. The van der Waals surface area contributed by atoms with Crippen LogP contribution in [0, 0.1) is 0 Å². The number of benzene rings is 3. The van der Waals surface area contributed by atoms with Gasteiger partial charge in [-0.25, -0.2) is 0 Å². The first kappa shape index (κ1) is 23.6. The summed E-state index contributed by atoms with van der Waals surface area (Å²) in [6, 6.07) is 25.2. The third kappa shape index (κ3) is 5.50. The summed E-state index contributed by atoms with van der Waals surface area (Å²) in [5.41, 5.74) is 3.46. The van der Waals surface area contributed by atoms with E-state index in [1.807, 2.05) is 90.4 Å². The Morgan fingerprint density at radius 1 is 1.00 bits per heavy atom. The van der Waals surface area contributed by atoms with Crippen LogP contribution in [0.4, 0.5) is 5.69 Å². The van der Waals surface area contributed by atoms with Gasteiger partial charge in [-0.1, -0.05) is 72.0 Å². The third-order valence-electron chi connectivity index (χ3n) is 5.39. The topological polar surface area (TPSA) is 72.7 Å². The van der Waals surface area contributed by atoms with E-state index in [-0.39, 0.29) is 11.8 Å². The Balaban J connectivity index is 1.81. The number of amides is 2. The normalized spacial score (nSPS) is 11.8. The molecule has 0 saturated carbocycles. The average molecular weight is 474 g/mol. The first-order valence-corrected chi connectivity index (χ1v) is 12.1. The Bertz CT molecular complexity index is 1300. The minimum atomic E-state index is -0.497. The summed E-state index contributed by atoms with van der Waals surface area (Å²) >= 11 is 1.43. The molecule has 174 valence electrons. The number of nitrogens with one attached hydrogen (secondary N) is 1. The van der Waals surface area contributed by atoms with Crippen molar-refractivity contribution in [1.82, 2.24) is 4.57 Å². The number of rotatable bonds is 8. The van der Waals surface area contributed by atoms with Crippen LogP contribution in [0.3, 0.4) is 0 Å². The second-order valence-corrected chi connectivity index (χ2v) is 8.81. The zero-order chi connectivity index (χ0) is 23.9. The van der Waals surface area contributed by atoms with Gasteiger partial charge >= 0.3 is 0 Å². The molecule has 4 rings (SSSR count). The van der Waals surface area contributed by atoms with Gasteiger partial charge in [-0.05, 0) is 36.2 Å². The smallest absolute Gasteiger partial charge is 0.260 e. The lowest BCUT2D eigenvalue weighted by molar-refractivity contribution is -0.118. The summed E-state index contributed by atoms with van der Waals surface area (Å²) in [5.74, 6) is -0.854. The van der Waals surface area contributed by atoms with Crippen molar-refractivity contribution < 1.29 is 14.3 Å². The highest BCUT2D eigenvalue weighted by Crippen LogP contribution is 2.27. The van der Waals surface area contributed by atoms with Crippen molar-refractivity contribution in [2.75, 3.05) is 18.5 Å². The lowest BCUT2D eigenvalue weighted by atomic mass is 9.91.